The van der Waals surface area contributed by atoms with Gasteiger partial charge in [-0.25, -0.2) is 18.2 Å². The van der Waals surface area contributed by atoms with E-state index < -0.39 is 34.6 Å². The predicted octanol–water partition coefficient (Wildman–Crippen LogP) is 2.87. The lowest BCUT2D eigenvalue weighted by molar-refractivity contribution is -0.0787. The molecule has 3 aromatic rings. The molecule has 1 amide bonds. The molecule has 0 bridgehead atoms. The number of amides is 1. The molecular formula is C23H24F3N5O2. The number of aryl methyl sites for hydroxylation is 2. The van der Waals surface area contributed by atoms with E-state index in [2.05, 4.69) is 15.6 Å². The summed E-state index contributed by atoms with van der Waals surface area (Å²) in [6, 6.07) is 6.23. The number of carbonyl (C=O) groups is 1. The third-order valence-electron chi connectivity index (χ3n) is 5.49. The van der Waals surface area contributed by atoms with Crippen LogP contribution in [0.1, 0.15) is 21.6 Å². The van der Waals surface area contributed by atoms with E-state index in [9.17, 15) is 23.1 Å². The molecule has 1 aromatic heterocycles. The van der Waals surface area contributed by atoms with Crippen molar-refractivity contribution in [2.24, 2.45) is 7.05 Å². The van der Waals surface area contributed by atoms with E-state index in [0.717, 1.165) is 17.8 Å². The standard InChI is InChI=1S/C23H24F3N5O2/c1-14-3-6-19(18(25)7-14)29-21-16(4-5-17(24)20(21)26)22(32)31-11-23(33,12-31)10-27-8-15-9-30(2)13-28-15/h3-7,9,13,27,29,33H,8,10-12H2,1-2H3. The summed E-state index contributed by atoms with van der Waals surface area (Å²) in [4.78, 5) is 18.5. The topological polar surface area (TPSA) is 82.4 Å². The SMILES string of the molecule is Cc1ccc(Nc2c(C(=O)N3CC(O)(CNCc4cn(C)cn4)C3)ccc(F)c2F)c(F)c1. The Hall–Kier alpha value is -3.37. The van der Waals surface area contributed by atoms with Gasteiger partial charge in [-0.1, -0.05) is 6.07 Å². The average molecular weight is 459 g/mol. The lowest BCUT2D eigenvalue weighted by atomic mass is 9.92. The van der Waals surface area contributed by atoms with Crippen molar-refractivity contribution >= 4 is 17.3 Å². The number of halogens is 3. The molecular weight excluding hydrogens is 435 g/mol. The Balaban J connectivity index is 1.44. The van der Waals surface area contributed by atoms with Gasteiger partial charge >= 0.3 is 0 Å². The van der Waals surface area contributed by atoms with Gasteiger partial charge in [0.25, 0.3) is 5.91 Å². The fourth-order valence-corrected chi connectivity index (χ4v) is 3.78. The van der Waals surface area contributed by atoms with Crippen molar-refractivity contribution < 1.29 is 23.1 Å². The quantitative estimate of drug-likeness (QED) is 0.506. The zero-order chi connectivity index (χ0) is 23.8. The highest BCUT2D eigenvalue weighted by atomic mass is 19.2. The van der Waals surface area contributed by atoms with Gasteiger partial charge in [0, 0.05) is 26.3 Å². The lowest BCUT2D eigenvalue weighted by Gasteiger charge is -2.46. The summed E-state index contributed by atoms with van der Waals surface area (Å²) in [5, 5.41) is 16.3. The Morgan fingerprint density at radius 2 is 1.94 bits per heavy atom. The number of hydrogen-bond acceptors (Lipinski definition) is 5. The molecule has 0 saturated carbocycles. The zero-order valence-electron chi connectivity index (χ0n) is 18.2. The van der Waals surface area contributed by atoms with E-state index in [1.165, 1.54) is 17.0 Å². The zero-order valence-corrected chi connectivity index (χ0v) is 18.2. The minimum absolute atomic E-state index is 0.0123. The fraction of sp³-hybridized carbons (Fsp3) is 0.304. The van der Waals surface area contributed by atoms with Crippen LogP contribution in [-0.2, 0) is 13.6 Å². The van der Waals surface area contributed by atoms with E-state index in [1.54, 1.807) is 19.3 Å². The van der Waals surface area contributed by atoms with Crippen molar-refractivity contribution in [3.8, 4) is 0 Å². The van der Waals surface area contributed by atoms with Gasteiger partial charge in [0.05, 0.1) is 42.0 Å². The Kier molecular flexibility index (Phi) is 6.13. The number of aromatic nitrogens is 2. The van der Waals surface area contributed by atoms with Crippen molar-refractivity contribution in [2.75, 3.05) is 25.0 Å². The summed E-state index contributed by atoms with van der Waals surface area (Å²) < 4.78 is 44.6. The number of nitrogens with one attached hydrogen (secondary N) is 2. The third-order valence-corrected chi connectivity index (χ3v) is 5.49. The number of anilines is 2. The Labute approximate surface area is 188 Å². The third kappa shape index (κ3) is 4.86. The van der Waals surface area contributed by atoms with Crippen LogP contribution in [0.4, 0.5) is 24.5 Å². The lowest BCUT2D eigenvalue weighted by Crippen LogP contribution is -2.67. The van der Waals surface area contributed by atoms with Gasteiger partial charge in [0.15, 0.2) is 11.6 Å². The van der Waals surface area contributed by atoms with E-state index in [0.29, 0.717) is 12.1 Å². The van der Waals surface area contributed by atoms with Crippen LogP contribution in [0.25, 0.3) is 0 Å². The summed E-state index contributed by atoms with van der Waals surface area (Å²) in [5.74, 6) is -3.71. The Morgan fingerprint density at radius 3 is 2.61 bits per heavy atom. The molecule has 4 rings (SSSR count). The van der Waals surface area contributed by atoms with Crippen LogP contribution >= 0.6 is 0 Å². The molecule has 10 heteroatoms. The van der Waals surface area contributed by atoms with E-state index in [4.69, 9.17) is 0 Å². The predicted molar refractivity (Wildman–Crippen MR) is 117 cm³/mol. The number of benzene rings is 2. The average Bonchev–Trinajstić information content (AvgIpc) is 3.16. The van der Waals surface area contributed by atoms with Crippen LogP contribution in [0.2, 0.25) is 0 Å². The minimum Gasteiger partial charge on any atom is -0.385 e. The molecule has 2 aromatic carbocycles. The largest absolute Gasteiger partial charge is 0.385 e. The first kappa shape index (κ1) is 22.8. The van der Waals surface area contributed by atoms with Gasteiger partial charge in [0.1, 0.15) is 11.4 Å². The van der Waals surface area contributed by atoms with Crippen LogP contribution in [0.5, 0.6) is 0 Å². The molecule has 7 nitrogen and oxygen atoms in total. The van der Waals surface area contributed by atoms with Crippen LogP contribution in [0.3, 0.4) is 0 Å². The Bertz CT molecular complexity index is 1190. The van der Waals surface area contributed by atoms with Gasteiger partial charge in [0.2, 0.25) is 0 Å². The summed E-state index contributed by atoms with van der Waals surface area (Å²) in [6.07, 6.45) is 3.52. The number of nitrogens with zero attached hydrogens (tertiary/aromatic N) is 3. The molecule has 0 atom stereocenters. The maximum atomic E-state index is 14.6. The van der Waals surface area contributed by atoms with Gasteiger partial charge in [-0.2, -0.15) is 0 Å². The maximum absolute atomic E-state index is 14.6. The first-order valence-electron chi connectivity index (χ1n) is 10.4. The van der Waals surface area contributed by atoms with E-state index in [-0.39, 0.29) is 30.9 Å². The van der Waals surface area contributed by atoms with E-state index in [1.807, 2.05) is 17.8 Å². The summed E-state index contributed by atoms with van der Waals surface area (Å²) in [7, 11) is 1.86. The van der Waals surface area contributed by atoms with Crippen LogP contribution < -0.4 is 10.6 Å². The fourth-order valence-electron chi connectivity index (χ4n) is 3.78. The van der Waals surface area contributed by atoms with Crippen molar-refractivity contribution in [3.05, 3.63) is 77.1 Å². The molecule has 1 aliphatic heterocycles. The molecule has 1 aliphatic rings. The molecule has 0 unspecified atom stereocenters. The monoisotopic (exact) mass is 459 g/mol. The normalized spacial score (nSPS) is 14.8. The van der Waals surface area contributed by atoms with Crippen LogP contribution in [-0.4, -0.2) is 50.7 Å². The van der Waals surface area contributed by atoms with Crippen molar-refractivity contribution in [3.63, 3.8) is 0 Å². The number of rotatable bonds is 7. The number of likely N-dealkylation sites (tertiary alicyclic amines) is 1. The number of hydrogen-bond donors (Lipinski definition) is 3. The highest BCUT2D eigenvalue weighted by Crippen LogP contribution is 2.31. The summed E-state index contributed by atoms with van der Waals surface area (Å²) in [6.45, 7) is 2.40. The van der Waals surface area contributed by atoms with Gasteiger partial charge in [-0.15, -0.1) is 0 Å². The molecule has 0 radical (unpaired) electrons. The molecule has 1 saturated heterocycles. The first-order chi connectivity index (χ1) is 15.6. The minimum atomic E-state index is -1.28. The number of β-amino-alcohol motifs (C(OH)–C–C–N with tert-alkyl or cyclic N) is 1. The number of imidazole rings is 1. The van der Waals surface area contributed by atoms with Crippen LogP contribution in [0.15, 0.2) is 42.9 Å². The second-order valence-electron chi connectivity index (χ2n) is 8.41. The van der Waals surface area contributed by atoms with Crippen molar-refractivity contribution in [1.29, 1.82) is 0 Å². The second kappa shape index (κ2) is 8.87. The van der Waals surface area contributed by atoms with Gasteiger partial charge < -0.3 is 25.2 Å². The van der Waals surface area contributed by atoms with Crippen molar-refractivity contribution in [1.82, 2.24) is 19.8 Å². The van der Waals surface area contributed by atoms with E-state index >= 15 is 0 Å². The second-order valence-corrected chi connectivity index (χ2v) is 8.41. The summed E-state index contributed by atoms with van der Waals surface area (Å²) >= 11 is 0. The van der Waals surface area contributed by atoms with Gasteiger partial charge in [-0.05, 0) is 36.8 Å². The molecule has 174 valence electrons. The molecule has 0 spiro atoms. The highest BCUT2D eigenvalue weighted by molar-refractivity contribution is 6.01. The first-order valence-corrected chi connectivity index (χ1v) is 10.4. The Morgan fingerprint density at radius 1 is 1.18 bits per heavy atom. The smallest absolute Gasteiger partial charge is 0.256 e. The van der Waals surface area contributed by atoms with Gasteiger partial charge in [-0.3, -0.25) is 4.79 Å². The van der Waals surface area contributed by atoms with Crippen LogP contribution in [0, 0.1) is 24.4 Å². The molecule has 1 fully saturated rings. The van der Waals surface area contributed by atoms with Crippen molar-refractivity contribution in [2.45, 2.75) is 19.1 Å². The summed E-state index contributed by atoms with van der Waals surface area (Å²) in [5.41, 5.74) is -0.374. The maximum Gasteiger partial charge on any atom is 0.256 e. The number of aliphatic hydroxyl groups is 1. The number of carbonyl (C=O) groups excluding carboxylic acids is 1. The molecule has 33 heavy (non-hydrogen) atoms. The molecule has 3 N–H and O–H groups in total. The highest BCUT2D eigenvalue weighted by Gasteiger charge is 2.44. The molecule has 0 aliphatic carbocycles. The molecule has 2 heterocycles.